The van der Waals surface area contributed by atoms with Gasteiger partial charge in [0.15, 0.2) is 5.82 Å². The maximum atomic E-state index is 12.7. The maximum Gasteiger partial charge on any atom is 0.290 e. The summed E-state index contributed by atoms with van der Waals surface area (Å²) in [7, 11) is 0. The molecule has 0 saturated carbocycles. The Hall–Kier alpha value is -3.62. The third-order valence-electron chi connectivity index (χ3n) is 5.68. The van der Waals surface area contributed by atoms with Gasteiger partial charge in [0.1, 0.15) is 6.33 Å². The van der Waals surface area contributed by atoms with E-state index >= 15 is 0 Å². The predicted molar refractivity (Wildman–Crippen MR) is 122 cm³/mol. The number of anilines is 1. The molecule has 1 amide bonds. The smallest absolute Gasteiger partial charge is 0.290 e. The molecule has 1 fully saturated rings. The first-order valence-electron chi connectivity index (χ1n) is 10.6. The summed E-state index contributed by atoms with van der Waals surface area (Å²) in [6, 6.07) is 8.28. The third kappa shape index (κ3) is 5.16. The van der Waals surface area contributed by atoms with E-state index < -0.39 is 0 Å². The molecule has 2 N–H and O–H groups in total. The Morgan fingerprint density at radius 2 is 1.78 bits per heavy atom. The molecule has 0 spiro atoms. The van der Waals surface area contributed by atoms with E-state index in [1.165, 1.54) is 6.33 Å². The van der Waals surface area contributed by atoms with Gasteiger partial charge in [0.2, 0.25) is 0 Å². The number of rotatable bonds is 4. The number of carbonyl (C=O) groups excluding carboxylic acids is 1. The zero-order valence-corrected chi connectivity index (χ0v) is 18.6. The predicted octanol–water partition coefficient (Wildman–Crippen LogP) is 2.69. The van der Waals surface area contributed by atoms with Crippen molar-refractivity contribution in [1.82, 2.24) is 25.5 Å². The van der Waals surface area contributed by atoms with Crippen LogP contribution in [0.4, 0.5) is 5.82 Å². The maximum absolute atomic E-state index is 12.7. The minimum atomic E-state index is -0.250. The Kier molecular flexibility index (Phi) is 7.64. The number of amides is 1. The number of carbonyl (C=O) groups is 2. The molecular weight excluding hydrogens is 408 g/mol. The van der Waals surface area contributed by atoms with Crippen LogP contribution >= 0.6 is 0 Å². The van der Waals surface area contributed by atoms with E-state index in [2.05, 4.69) is 42.5 Å². The summed E-state index contributed by atoms with van der Waals surface area (Å²) in [6.45, 7) is 7.85. The van der Waals surface area contributed by atoms with Gasteiger partial charge in [-0.25, -0.2) is 9.97 Å². The van der Waals surface area contributed by atoms with E-state index in [0.29, 0.717) is 29.4 Å². The monoisotopic (exact) mass is 436 g/mol. The molecule has 9 nitrogen and oxygen atoms in total. The number of aromatic nitrogens is 4. The summed E-state index contributed by atoms with van der Waals surface area (Å²) in [6.07, 6.45) is 3.64. The SMILES string of the molecule is Cc1ncnc(C)c1C(=O)NCC1CCCN(c2nnc(C)c3ccccc23)C1.O=CO. The van der Waals surface area contributed by atoms with Gasteiger partial charge in [0.05, 0.1) is 22.6 Å². The highest BCUT2D eigenvalue weighted by molar-refractivity contribution is 5.96. The Morgan fingerprint density at radius 3 is 2.47 bits per heavy atom. The molecule has 0 aliphatic carbocycles. The second kappa shape index (κ2) is 10.6. The second-order valence-corrected chi connectivity index (χ2v) is 7.84. The lowest BCUT2D eigenvalue weighted by Crippen LogP contribution is -2.41. The molecule has 3 aromatic rings. The molecule has 2 aromatic heterocycles. The summed E-state index contributed by atoms with van der Waals surface area (Å²) < 4.78 is 0. The quantitative estimate of drug-likeness (QED) is 0.599. The van der Waals surface area contributed by atoms with Crippen molar-refractivity contribution in [3.05, 3.63) is 53.2 Å². The van der Waals surface area contributed by atoms with Gasteiger partial charge in [-0.15, -0.1) is 5.10 Å². The third-order valence-corrected chi connectivity index (χ3v) is 5.68. The fourth-order valence-electron chi connectivity index (χ4n) is 4.13. The Balaban J connectivity index is 0.000000913. The van der Waals surface area contributed by atoms with Crippen molar-refractivity contribution in [3.8, 4) is 0 Å². The number of nitrogens with zero attached hydrogens (tertiary/aromatic N) is 5. The van der Waals surface area contributed by atoms with Crippen molar-refractivity contribution < 1.29 is 14.7 Å². The molecule has 1 unspecified atom stereocenters. The van der Waals surface area contributed by atoms with Crippen LogP contribution in [0.3, 0.4) is 0 Å². The summed E-state index contributed by atoms with van der Waals surface area (Å²) in [5.41, 5.74) is 2.94. The molecular formula is C23H28N6O3. The topological polar surface area (TPSA) is 121 Å². The first-order valence-corrected chi connectivity index (χ1v) is 10.6. The summed E-state index contributed by atoms with van der Waals surface area (Å²) >= 11 is 0. The first kappa shape index (κ1) is 23.1. The minimum Gasteiger partial charge on any atom is -0.483 e. The van der Waals surface area contributed by atoms with E-state index in [1.807, 2.05) is 32.9 Å². The number of fused-ring (bicyclic) bond motifs is 1. The van der Waals surface area contributed by atoms with Crippen LogP contribution in [-0.2, 0) is 4.79 Å². The Labute approximate surface area is 186 Å². The number of benzene rings is 1. The molecule has 1 aliphatic rings. The van der Waals surface area contributed by atoms with Crippen molar-refractivity contribution >= 4 is 29.0 Å². The molecule has 1 aromatic carbocycles. The molecule has 9 heteroatoms. The number of hydrogen-bond donors (Lipinski definition) is 2. The number of hydrogen-bond acceptors (Lipinski definition) is 7. The molecule has 32 heavy (non-hydrogen) atoms. The largest absolute Gasteiger partial charge is 0.483 e. The Bertz CT molecular complexity index is 1080. The molecule has 168 valence electrons. The van der Waals surface area contributed by atoms with Crippen LogP contribution in [0.15, 0.2) is 30.6 Å². The zero-order chi connectivity index (χ0) is 23.1. The van der Waals surface area contributed by atoms with E-state index in [0.717, 1.165) is 48.2 Å². The molecule has 0 bridgehead atoms. The molecule has 3 heterocycles. The lowest BCUT2D eigenvalue weighted by atomic mass is 9.97. The van der Waals surface area contributed by atoms with Crippen LogP contribution in [0.5, 0.6) is 0 Å². The van der Waals surface area contributed by atoms with Gasteiger partial charge >= 0.3 is 0 Å². The van der Waals surface area contributed by atoms with Crippen molar-refractivity contribution in [1.29, 1.82) is 0 Å². The highest BCUT2D eigenvalue weighted by Gasteiger charge is 2.24. The first-order chi connectivity index (χ1) is 15.5. The van der Waals surface area contributed by atoms with Crippen LogP contribution in [-0.4, -0.2) is 57.3 Å². The van der Waals surface area contributed by atoms with Crippen LogP contribution < -0.4 is 10.2 Å². The van der Waals surface area contributed by atoms with Crippen molar-refractivity contribution in [2.45, 2.75) is 33.6 Å². The lowest BCUT2D eigenvalue weighted by Gasteiger charge is -2.34. The number of piperidine rings is 1. The fraction of sp³-hybridized carbons (Fsp3) is 0.391. The molecule has 1 aliphatic heterocycles. The van der Waals surface area contributed by atoms with Crippen molar-refractivity contribution in [2.24, 2.45) is 5.92 Å². The lowest BCUT2D eigenvalue weighted by molar-refractivity contribution is -0.122. The summed E-state index contributed by atoms with van der Waals surface area (Å²) in [4.78, 5) is 31.6. The zero-order valence-electron chi connectivity index (χ0n) is 18.6. The van der Waals surface area contributed by atoms with E-state index in [9.17, 15) is 4.79 Å². The van der Waals surface area contributed by atoms with E-state index in [4.69, 9.17) is 9.90 Å². The van der Waals surface area contributed by atoms with Gasteiger partial charge in [-0.2, -0.15) is 5.10 Å². The van der Waals surface area contributed by atoms with E-state index in [1.54, 1.807) is 0 Å². The van der Waals surface area contributed by atoms with Crippen LogP contribution in [0, 0.1) is 26.7 Å². The van der Waals surface area contributed by atoms with Crippen LogP contribution in [0.2, 0.25) is 0 Å². The van der Waals surface area contributed by atoms with Gasteiger partial charge in [-0.05, 0) is 39.5 Å². The van der Waals surface area contributed by atoms with Crippen LogP contribution in [0.25, 0.3) is 10.8 Å². The van der Waals surface area contributed by atoms with Gasteiger partial charge < -0.3 is 15.3 Å². The average Bonchev–Trinajstić information content (AvgIpc) is 2.79. The van der Waals surface area contributed by atoms with Crippen LogP contribution in [0.1, 0.15) is 40.3 Å². The molecule has 0 radical (unpaired) electrons. The Morgan fingerprint density at radius 1 is 1.12 bits per heavy atom. The molecule has 1 saturated heterocycles. The average molecular weight is 437 g/mol. The summed E-state index contributed by atoms with van der Waals surface area (Å²) in [5.74, 6) is 1.20. The molecule has 1 atom stereocenters. The van der Waals surface area contributed by atoms with Gasteiger partial charge in [-0.3, -0.25) is 9.59 Å². The standard InChI is InChI=1S/C22H26N6O.CH2O2/c1-14-18-8-4-5-9-19(18)21(27-26-14)28-10-6-7-17(12-28)11-23-22(29)20-15(2)24-13-25-16(20)3;2-1-3/h4-5,8-9,13,17H,6-7,10-12H2,1-3H3,(H,23,29);1H,(H,2,3). The van der Waals surface area contributed by atoms with Gasteiger partial charge in [0, 0.05) is 30.4 Å². The highest BCUT2D eigenvalue weighted by atomic mass is 16.3. The van der Waals surface area contributed by atoms with Crippen molar-refractivity contribution in [2.75, 3.05) is 24.5 Å². The van der Waals surface area contributed by atoms with E-state index in [-0.39, 0.29) is 12.4 Å². The second-order valence-electron chi connectivity index (χ2n) is 7.84. The number of nitrogens with one attached hydrogen (secondary N) is 1. The van der Waals surface area contributed by atoms with Crippen molar-refractivity contribution in [3.63, 3.8) is 0 Å². The van der Waals surface area contributed by atoms with Gasteiger partial charge in [0.25, 0.3) is 12.4 Å². The number of carboxylic acid groups (broad SMARTS) is 1. The van der Waals surface area contributed by atoms with Gasteiger partial charge in [-0.1, -0.05) is 24.3 Å². The normalized spacial score (nSPS) is 15.6. The fourth-order valence-corrected chi connectivity index (χ4v) is 4.13. The number of aryl methyl sites for hydroxylation is 3. The molecule has 4 rings (SSSR count). The minimum absolute atomic E-state index is 0.0988. The summed E-state index contributed by atoms with van der Waals surface area (Å²) in [5, 5.41) is 21.1. The highest BCUT2D eigenvalue weighted by Crippen LogP contribution is 2.29.